The maximum Gasteiger partial charge on any atom is 0.123 e. The van der Waals surface area contributed by atoms with Crippen LogP contribution in [0.4, 0.5) is 0 Å². The highest BCUT2D eigenvalue weighted by Crippen LogP contribution is 2.66. The molecular weight excluding hydrogens is 440 g/mol. The zero-order valence-electron chi connectivity index (χ0n) is 20.5. The number of benzene rings is 4. The molecule has 0 unspecified atom stereocenters. The van der Waals surface area contributed by atoms with E-state index in [9.17, 15) is 10.2 Å². The molecule has 4 saturated carbocycles. The molecule has 4 aliphatic rings. The second-order valence-corrected chi connectivity index (χ2v) is 11.7. The van der Waals surface area contributed by atoms with Gasteiger partial charge < -0.3 is 10.2 Å². The van der Waals surface area contributed by atoms with E-state index in [1.165, 1.54) is 43.2 Å². The lowest BCUT2D eigenvalue weighted by Gasteiger charge is -2.63. The van der Waals surface area contributed by atoms with Crippen LogP contribution in [0, 0.1) is 11.8 Å². The number of phenolic OH excluding ortho intramolecular Hbond substituents is 2. The molecule has 4 aliphatic carbocycles. The van der Waals surface area contributed by atoms with Crippen LogP contribution in [0.1, 0.15) is 49.7 Å². The van der Waals surface area contributed by atoms with Gasteiger partial charge in [0.1, 0.15) is 11.5 Å². The molecule has 8 rings (SSSR count). The van der Waals surface area contributed by atoms with Crippen LogP contribution in [0.5, 0.6) is 11.5 Å². The molecule has 0 aromatic heterocycles. The maximum atomic E-state index is 10.7. The monoisotopic (exact) mass is 472 g/mol. The quantitative estimate of drug-likeness (QED) is 0.314. The minimum Gasteiger partial charge on any atom is -0.507 e. The van der Waals surface area contributed by atoms with Crippen LogP contribution >= 0.6 is 0 Å². The van der Waals surface area contributed by atoms with Gasteiger partial charge in [-0.2, -0.15) is 0 Å². The summed E-state index contributed by atoms with van der Waals surface area (Å²) in [4.78, 5) is 0. The first-order valence-corrected chi connectivity index (χ1v) is 13.3. The van der Waals surface area contributed by atoms with Gasteiger partial charge >= 0.3 is 0 Å². The zero-order chi connectivity index (χ0) is 24.3. The van der Waals surface area contributed by atoms with Crippen molar-refractivity contribution in [2.24, 2.45) is 11.8 Å². The van der Waals surface area contributed by atoms with E-state index in [2.05, 4.69) is 48.5 Å². The van der Waals surface area contributed by atoms with E-state index in [-0.39, 0.29) is 10.8 Å². The van der Waals surface area contributed by atoms with Crippen molar-refractivity contribution in [1.29, 1.82) is 0 Å². The smallest absolute Gasteiger partial charge is 0.123 e. The zero-order valence-corrected chi connectivity index (χ0v) is 20.5. The predicted octanol–water partition coefficient (Wildman–Crippen LogP) is 8.22. The van der Waals surface area contributed by atoms with Crippen LogP contribution in [0.15, 0.2) is 97.1 Å². The molecule has 2 nitrogen and oxygen atoms in total. The second-order valence-electron chi connectivity index (χ2n) is 11.7. The van der Waals surface area contributed by atoms with Gasteiger partial charge in [-0.1, -0.05) is 72.8 Å². The van der Waals surface area contributed by atoms with Gasteiger partial charge in [0.05, 0.1) is 0 Å². The van der Waals surface area contributed by atoms with Crippen molar-refractivity contribution in [3.8, 4) is 33.8 Å². The summed E-state index contributed by atoms with van der Waals surface area (Å²) in [5.74, 6) is 2.18. The highest BCUT2D eigenvalue weighted by atomic mass is 16.3. The van der Waals surface area contributed by atoms with Crippen LogP contribution < -0.4 is 0 Å². The van der Waals surface area contributed by atoms with E-state index in [1.807, 2.05) is 48.5 Å². The van der Waals surface area contributed by atoms with E-state index in [0.29, 0.717) is 11.5 Å². The molecule has 36 heavy (non-hydrogen) atoms. The van der Waals surface area contributed by atoms with Crippen LogP contribution in [-0.2, 0) is 10.8 Å². The summed E-state index contributed by atoms with van der Waals surface area (Å²) in [5, 5.41) is 21.5. The van der Waals surface area contributed by atoms with E-state index in [1.54, 1.807) is 0 Å². The van der Waals surface area contributed by atoms with Crippen LogP contribution in [0.2, 0.25) is 0 Å². The van der Waals surface area contributed by atoms with E-state index in [4.69, 9.17) is 0 Å². The Hall–Kier alpha value is -3.52. The van der Waals surface area contributed by atoms with Gasteiger partial charge in [0.2, 0.25) is 0 Å². The average molecular weight is 473 g/mol. The van der Waals surface area contributed by atoms with Gasteiger partial charge in [-0.15, -0.1) is 0 Å². The topological polar surface area (TPSA) is 40.5 Å². The Bertz CT molecular complexity index is 1300. The molecule has 4 aromatic carbocycles. The van der Waals surface area contributed by atoms with Crippen LogP contribution in [0.25, 0.3) is 22.3 Å². The third kappa shape index (κ3) is 3.38. The predicted molar refractivity (Wildman–Crippen MR) is 145 cm³/mol. The molecule has 4 aromatic rings. The Morgan fingerprint density at radius 2 is 0.944 bits per heavy atom. The minimum absolute atomic E-state index is 0.145. The van der Waals surface area contributed by atoms with E-state index >= 15 is 0 Å². The Balaban J connectivity index is 1.32. The summed E-state index contributed by atoms with van der Waals surface area (Å²) in [6, 6.07) is 33.3. The Morgan fingerprint density at radius 1 is 0.528 bits per heavy atom. The highest BCUT2D eigenvalue weighted by molar-refractivity contribution is 5.72. The van der Waals surface area contributed by atoms with E-state index in [0.717, 1.165) is 40.5 Å². The number of aromatic hydroxyl groups is 2. The lowest BCUT2D eigenvalue weighted by molar-refractivity contribution is -0.0281. The lowest BCUT2D eigenvalue weighted by Crippen LogP contribution is -2.55. The molecule has 0 saturated heterocycles. The molecule has 180 valence electrons. The average Bonchev–Trinajstić information content (AvgIpc) is 2.89. The van der Waals surface area contributed by atoms with Crippen molar-refractivity contribution < 1.29 is 10.2 Å². The molecule has 0 amide bonds. The Morgan fingerprint density at radius 3 is 1.36 bits per heavy atom. The van der Waals surface area contributed by atoms with Gasteiger partial charge in [0, 0.05) is 11.1 Å². The summed E-state index contributed by atoms with van der Waals surface area (Å²) in [6.07, 6.45) is 7.46. The van der Waals surface area contributed by atoms with Gasteiger partial charge in [-0.3, -0.25) is 0 Å². The highest BCUT2D eigenvalue weighted by Gasteiger charge is 2.58. The molecule has 2 N–H and O–H groups in total. The van der Waals surface area contributed by atoms with Crippen molar-refractivity contribution in [2.75, 3.05) is 0 Å². The van der Waals surface area contributed by atoms with Crippen molar-refractivity contribution in [2.45, 2.75) is 49.4 Å². The molecule has 0 spiro atoms. The first kappa shape index (κ1) is 21.7. The van der Waals surface area contributed by atoms with Crippen molar-refractivity contribution in [3.63, 3.8) is 0 Å². The number of rotatable bonds is 4. The van der Waals surface area contributed by atoms with Crippen molar-refractivity contribution in [3.05, 3.63) is 108 Å². The summed E-state index contributed by atoms with van der Waals surface area (Å²) >= 11 is 0. The lowest BCUT2D eigenvalue weighted by atomic mass is 9.41. The first-order valence-electron chi connectivity index (χ1n) is 13.3. The fourth-order valence-electron chi connectivity index (χ4n) is 8.37. The molecule has 4 fully saturated rings. The SMILES string of the molecule is Oc1ccc(C23CC4CC(C2)CC(c2ccc(O)c(-c5ccccc5)c2)(C4)C3)cc1-c1ccccc1. The molecule has 0 atom stereocenters. The molecule has 0 heterocycles. The molecular formula is C34H32O2. The fraction of sp³-hybridized carbons (Fsp3) is 0.294. The standard InChI is InChI=1S/C34H32O2/c35-31-13-11-27(16-29(31)25-7-3-1-4-8-25)33-18-23-15-24(19-33)21-34(20-23,22-33)28-12-14-32(36)30(17-28)26-9-5-2-6-10-26/h1-14,16-17,23-24,35-36H,15,18-22H2. The molecule has 0 radical (unpaired) electrons. The van der Waals surface area contributed by atoms with Gasteiger partial charge in [0.25, 0.3) is 0 Å². The van der Waals surface area contributed by atoms with Crippen LogP contribution in [-0.4, -0.2) is 10.2 Å². The van der Waals surface area contributed by atoms with Gasteiger partial charge in [0.15, 0.2) is 0 Å². The summed E-state index contributed by atoms with van der Waals surface area (Å²) in [6.45, 7) is 0. The normalized spacial score (nSPS) is 28.3. The number of phenols is 2. The number of hydrogen-bond acceptors (Lipinski definition) is 2. The largest absolute Gasteiger partial charge is 0.507 e. The van der Waals surface area contributed by atoms with Crippen molar-refractivity contribution >= 4 is 0 Å². The molecule has 4 bridgehead atoms. The van der Waals surface area contributed by atoms with Crippen molar-refractivity contribution in [1.82, 2.24) is 0 Å². The van der Waals surface area contributed by atoms with Crippen LogP contribution in [0.3, 0.4) is 0 Å². The number of hydrogen-bond donors (Lipinski definition) is 2. The summed E-state index contributed by atoms with van der Waals surface area (Å²) in [7, 11) is 0. The fourth-order valence-corrected chi connectivity index (χ4v) is 8.37. The summed E-state index contributed by atoms with van der Waals surface area (Å²) < 4.78 is 0. The third-order valence-electron chi connectivity index (χ3n) is 9.45. The third-order valence-corrected chi connectivity index (χ3v) is 9.45. The molecule has 0 aliphatic heterocycles. The summed E-state index contributed by atoms with van der Waals surface area (Å²) in [5.41, 5.74) is 7.09. The van der Waals surface area contributed by atoms with Gasteiger partial charge in [-0.25, -0.2) is 0 Å². The Kier molecular flexibility index (Phi) is 4.83. The first-order chi connectivity index (χ1) is 17.5. The minimum atomic E-state index is 0.145. The maximum absolute atomic E-state index is 10.7. The Labute approximate surface area is 213 Å². The molecule has 2 heteroatoms. The van der Waals surface area contributed by atoms with E-state index < -0.39 is 0 Å². The second kappa shape index (κ2) is 8.00. The van der Waals surface area contributed by atoms with Gasteiger partial charge in [-0.05, 0) is 108 Å².